The van der Waals surface area contributed by atoms with E-state index in [0.717, 1.165) is 11.3 Å². The Bertz CT molecular complexity index is 324. The molecule has 0 aromatic carbocycles. The summed E-state index contributed by atoms with van der Waals surface area (Å²) in [6.45, 7) is 12.1. The highest BCUT2D eigenvalue weighted by Gasteiger charge is 2.24. The lowest BCUT2D eigenvalue weighted by molar-refractivity contribution is 0.377. The summed E-state index contributed by atoms with van der Waals surface area (Å²) in [5, 5.41) is 3.18. The molecule has 2 heteroatoms. The van der Waals surface area contributed by atoms with E-state index in [0.29, 0.717) is 18.3 Å². The highest BCUT2D eigenvalue weighted by Crippen LogP contribution is 2.33. The first-order chi connectivity index (χ1) is 7.47. The van der Waals surface area contributed by atoms with Crippen molar-refractivity contribution < 1.29 is 4.39 Å². The zero-order valence-corrected chi connectivity index (χ0v) is 10.7. The van der Waals surface area contributed by atoms with Crippen LogP contribution in [0.25, 0.3) is 0 Å². The summed E-state index contributed by atoms with van der Waals surface area (Å²) in [5.41, 5.74) is 3.31. The van der Waals surface area contributed by atoms with E-state index in [4.69, 9.17) is 0 Å². The van der Waals surface area contributed by atoms with Gasteiger partial charge in [0.05, 0.1) is 0 Å². The number of hydrogen-bond donors (Lipinski definition) is 1. The number of rotatable bonds is 4. The summed E-state index contributed by atoms with van der Waals surface area (Å²) in [4.78, 5) is 0. The van der Waals surface area contributed by atoms with Gasteiger partial charge in [0.25, 0.3) is 0 Å². The quantitative estimate of drug-likeness (QED) is 0.761. The van der Waals surface area contributed by atoms with Crippen LogP contribution in [-0.2, 0) is 0 Å². The number of alkyl halides is 1. The van der Waals surface area contributed by atoms with Crippen LogP contribution in [0, 0.1) is 11.8 Å². The molecule has 1 N–H and O–H groups in total. The Labute approximate surface area is 98.1 Å². The fourth-order valence-electron chi connectivity index (χ4n) is 2.12. The van der Waals surface area contributed by atoms with Crippen LogP contribution in [0.1, 0.15) is 34.1 Å². The smallest absolute Gasteiger partial charge is 0.123 e. The largest absolute Gasteiger partial charge is 0.362 e. The summed E-state index contributed by atoms with van der Waals surface area (Å²) in [7, 11) is 0. The third kappa shape index (κ3) is 2.75. The summed E-state index contributed by atoms with van der Waals surface area (Å²) >= 11 is 0. The highest BCUT2D eigenvalue weighted by atomic mass is 19.1. The Hall–Kier alpha value is -1.05. The van der Waals surface area contributed by atoms with Crippen molar-refractivity contribution in [2.75, 3.05) is 0 Å². The average Bonchev–Trinajstić information content (AvgIpc) is 2.19. The lowest BCUT2D eigenvalue weighted by Crippen LogP contribution is -2.22. The normalized spacial score (nSPS) is 21.4. The van der Waals surface area contributed by atoms with Crippen LogP contribution >= 0.6 is 0 Å². The van der Waals surface area contributed by atoms with E-state index in [1.54, 1.807) is 12.3 Å². The van der Waals surface area contributed by atoms with E-state index in [2.05, 4.69) is 39.6 Å². The molecule has 0 radical (unpaired) electrons. The maximum absolute atomic E-state index is 13.7. The van der Waals surface area contributed by atoms with Crippen molar-refractivity contribution in [3.05, 3.63) is 35.7 Å². The van der Waals surface area contributed by atoms with Crippen molar-refractivity contribution in [3.8, 4) is 0 Å². The molecule has 1 rings (SSSR count). The SMILES string of the molecule is C=CNC1=C(C(C)C)CC(F)C=C1C(C)C. The second kappa shape index (κ2) is 5.33. The molecule has 0 aromatic rings. The molecular weight excluding hydrogens is 201 g/mol. The van der Waals surface area contributed by atoms with Crippen LogP contribution < -0.4 is 5.32 Å². The molecule has 0 fully saturated rings. The Kier molecular flexibility index (Phi) is 4.34. The lowest BCUT2D eigenvalue weighted by atomic mass is 9.84. The minimum absolute atomic E-state index is 0.328. The van der Waals surface area contributed by atoms with Crippen molar-refractivity contribution in [1.29, 1.82) is 0 Å². The molecule has 0 heterocycles. The minimum atomic E-state index is -0.842. The molecule has 0 bridgehead atoms. The lowest BCUT2D eigenvalue weighted by Gasteiger charge is -2.28. The second-order valence-electron chi connectivity index (χ2n) is 4.90. The summed E-state index contributed by atoms with van der Waals surface area (Å²) < 4.78 is 13.7. The first-order valence-electron chi connectivity index (χ1n) is 5.94. The molecule has 0 spiro atoms. The van der Waals surface area contributed by atoms with Crippen molar-refractivity contribution in [1.82, 2.24) is 5.32 Å². The molecule has 1 unspecified atom stereocenters. The Balaban J connectivity index is 3.17. The standard InChI is InChI=1S/C14H22FN/c1-6-16-14-12(9(2)3)7-11(15)8-13(14)10(4)5/h6-7,9-11,16H,1,8H2,2-5H3. The molecule has 0 amide bonds. The van der Waals surface area contributed by atoms with Gasteiger partial charge in [0.15, 0.2) is 0 Å². The van der Waals surface area contributed by atoms with Gasteiger partial charge in [-0.05, 0) is 35.3 Å². The average molecular weight is 223 g/mol. The van der Waals surface area contributed by atoms with Gasteiger partial charge in [0, 0.05) is 12.1 Å². The molecule has 1 aliphatic carbocycles. The van der Waals surface area contributed by atoms with Crippen LogP contribution in [0.5, 0.6) is 0 Å². The zero-order valence-electron chi connectivity index (χ0n) is 10.7. The van der Waals surface area contributed by atoms with Gasteiger partial charge in [-0.1, -0.05) is 34.3 Å². The number of nitrogens with one attached hydrogen (secondary N) is 1. The molecular formula is C14H22FN. The fraction of sp³-hybridized carbons (Fsp3) is 0.571. The van der Waals surface area contributed by atoms with Crippen molar-refractivity contribution in [3.63, 3.8) is 0 Å². The molecule has 1 nitrogen and oxygen atoms in total. The molecule has 1 aliphatic rings. The molecule has 0 saturated carbocycles. The Morgan fingerprint density at radius 2 is 2.00 bits per heavy atom. The van der Waals surface area contributed by atoms with Gasteiger partial charge >= 0.3 is 0 Å². The minimum Gasteiger partial charge on any atom is -0.362 e. The van der Waals surface area contributed by atoms with Crippen LogP contribution in [-0.4, -0.2) is 6.17 Å². The maximum Gasteiger partial charge on any atom is 0.123 e. The van der Waals surface area contributed by atoms with Crippen LogP contribution in [0.15, 0.2) is 35.7 Å². The van der Waals surface area contributed by atoms with Gasteiger partial charge in [-0.25, -0.2) is 4.39 Å². The second-order valence-corrected chi connectivity index (χ2v) is 4.90. The van der Waals surface area contributed by atoms with Crippen LogP contribution in [0.4, 0.5) is 4.39 Å². The molecule has 0 aliphatic heterocycles. The highest BCUT2D eigenvalue weighted by molar-refractivity contribution is 5.41. The first kappa shape index (κ1) is 13.0. The summed E-state index contributed by atoms with van der Waals surface area (Å²) in [5.74, 6) is 0.692. The van der Waals surface area contributed by atoms with Crippen LogP contribution in [0.3, 0.4) is 0 Å². The maximum atomic E-state index is 13.7. The van der Waals surface area contributed by atoms with Crippen molar-refractivity contribution in [2.24, 2.45) is 11.8 Å². The predicted molar refractivity (Wildman–Crippen MR) is 67.6 cm³/mol. The van der Waals surface area contributed by atoms with E-state index >= 15 is 0 Å². The zero-order chi connectivity index (χ0) is 12.3. The van der Waals surface area contributed by atoms with Crippen LogP contribution in [0.2, 0.25) is 0 Å². The van der Waals surface area contributed by atoms with Gasteiger partial charge in [-0.2, -0.15) is 0 Å². The van der Waals surface area contributed by atoms with Gasteiger partial charge in [0.2, 0.25) is 0 Å². The molecule has 16 heavy (non-hydrogen) atoms. The van der Waals surface area contributed by atoms with E-state index < -0.39 is 6.17 Å². The monoisotopic (exact) mass is 223 g/mol. The predicted octanol–water partition coefficient (Wildman–Crippen LogP) is 3.95. The Morgan fingerprint density at radius 1 is 1.38 bits per heavy atom. The van der Waals surface area contributed by atoms with Gasteiger partial charge < -0.3 is 5.32 Å². The Morgan fingerprint density at radius 3 is 2.44 bits per heavy atom. The third-order valence-corrected chi connectivity index (χ3v) is 2.95. The number of hydrogen-bond acceptors (Lipinski definition) is 1. The van der Waals surface area contributed by atoms with Crippen molar-refractivity contribution >= 4 is 0 Å². The van der Waals surface area contributed by atoms with E-state index in [9.17, 15) is 4.39 Å². The molecule has 90 valence electrons. The summed E-state index contributed by atoms with van der Waals surface area (Å²) in [6, 6.07) is 0. The van der Waals surface area contributed by atoms with E-state index in [1.807, 2.05) is 0 Å². The van der Waals surface area contributed by atoms with Gasteiger partial charge in [-0.15, -0.1) is 0 Å². The topological polar surface area (TPSA) is 12.0 Å². The molecule has 0 saturated heterocycles. The van der Waals surface area contributed by atoms with Gasteiger partial charge in [0.1, 0.15) is 6.17 Å². The fourth-order valence-corrected chi connectivity index (χ4v) is 2.12. The third-order valence-electron chi connectivity index (χ3n) is 2.95. The summed E-state index contributed by atoms with van der Waals surface area (Å²) in [6.07, 6.45) is 3.07. The van der Waals surface area contributed by atoms with E-state index in [-0.39, 0.29) is 0 Å². The number of halogens is 1. The van der Waals surface area contributed by atoms with Crippen molar-refractivity contribution in [2.45, 2.75) is 40.3 Å². The molecule has 1 atom stereocenters. The van der Waals surface area contributed by atoms with E-state index in [1.165, 1.54) is 5.57 Å². The number of allylic oxidation sites excluding steroid dienone is 3. The first-order valence-corrected chi connectivity index (χ1v) is 5.94. The van der Waals surface area contributed by atoms with Gasteiger partial charge in [-0.3, -0.25) is 0 Å². The molecule has 0 aromatic heterocycles.